The molecule has 0 aromatic rings. The highest BCUT2D eigenvalue weighted by Gasteiger charge is 2.16. The third-order valence-electron chi connectivity index (χ3n) is 2.38. The number of ether oxygens (including phenoxy) is 1. The topological polar surface area (TPSA) is 58.6 Å². The van der Waals surface area contributed by atoms with Crippen LogP contribution in [-0.2, 0) is 4.74 Å². The van der Waals surface area contributed by atoms with Gasteiger partial charge in [0.2, 0.25) is 0 Å². The summed E-state index contributed by atoms with van der Waals surface area (Å²) in [6.07, 6.45) is 4.72. The maximum atomic E-state index is 11.2. The highest BCUT2D eigenvalue weighted by molar-refractivity contribution is 5.67. The van der Waals surface area contributed by atoms with Gasteiger partial charge in [0.15, 0.2) is 0 Å². The quantitative estimate of drug-likeness (QED) is 0.726. The summed E-state index contributed by atoms with van der Waals surface area (Å²) in [5, 5.41) is 11.7. The second kappa shape index (κ2) is 5.86. The number of aliphatic hydroxyl groups excluding tert-OH is 1. The minimum Gasteiger partial charge on any atom is -0.447 e. The van der Waals surface area contributed by atoms with Crippen LogP contribution < -0.4 is 5.32 Å². The molecular formula is C10H19NO3. The van der Waals surface area contributed by atoms with Gasteiger partial charge >= 0.3 is 6.09 Å². The molecule has 82 valence electrons. The first-order valence-electron chi connectivity index (χ1n) is 5.30. The first kappa shape index (κ1) is 11.3. The van der Waals surface area contributed by atoms with E-state index in [1.54, 1.807) is 6.92 Å². The van der Waals surface area contributed by atoms with Gasteiger partial charge in [-0.15, -0.1) is 0 Å². The van der Waals surface area contributed by atoms with Crippen molar-refractivity contribution < 1.29 is 14.6 Å². The number of hydrogen-bond donors (Lipinski definition) is 2. The molecule has 0 aromatic carbocycles. The van der Waals surface area contributed by atoms with Crippen molar-refractivity contribution in [2.75, 3.05) is 6.61 Å². The molecule has 4 heteroatoms. The predicted molar refractivity (Wildman–Crippen MR) is 53.0 cm³/mol. The first-order chi connectivity index (χ1) is 6.68. The lowest BCUT2D eigenvalue weighted by Crippen LogP contribution is -2.37. The first-order valence-corrected chi connectivity index (χ1v) is 5.30. The molecule has 1 fully saturated rings. The van der Waals surface area contributed by atoms with E-state index >= 15 is 0 Å². The second-order valence-electron chi connectivity index (χ2n) is 3.93. The Morgan fingerprint density at radius 3 is 2.71 bits per heavy atom. The molecule has 1 atom stereocenters. The molecule has 0 aromatic heterocycles. The minimum atomic E-state index is -0.591. The zero-order valence-corrected chi connectivity index (χ0v) is 8.66. The average molecular weight is 201 g/mol. The number of amides is 1. The van der Waals surface area contributed by atoms with Crippen molar-refractivity contribution >= 4 is 6.09 Å². The standard InChI is InChI=1S/C10H19NO3/c1-8(12)7-14-10(13)11-9-5-3-2-4-6-9/h8-9,12H,2-7H2,1H3,(H,11,13). The third-order valence-corrected chi connectivity index (χ3v) is 2.38. The van der Waals surface area contributed by atoms with Gasteiger partial charge < -0.3 is 15.2 Å². The Hall–Kier alpha value is -0.770. The molecule has 0 saturated heterocycles. The van der Waals surface area contributed by atoms with Gasteiger partial charge in [-0.05, 0) is 19.8 Å². The zero-order chi connectivity index (χ0) is 10.4. The second-order valence-corrected chi connectivity index (χ2v) is 3.93. The van der Waals surface area contributed by atoms with E-state index in [0.29, 0.717) is 0 Å². The van der Waals surface area contributed by atoms with Gasteiger partial charge in [0.25, 0.3) is 0 Å². The molecule has 0 bridgehead atoms. The van der Waals surface area contributed by atoms with E-state index in [1.807, 2.05) is 0 Å². The van der Waals surface area contributed by atoms with Crippen molar-refractivity contribution in [1.82, 2.24) is 5.32 Å². The van der Waals surface area contributed by atoms with E-state index in [4.69, 9.17) is 9.84 Å². The molecule has 1 aliphatic rings. The van der Waals surface area contributed by atoms with Crippen LogP contribution in [0.1, 0.15) is 39.0 Å². The minimum absolute atomic E-state index is 0.0680. The Labute approximate surface area is 84.6 Å². The third kappa shape index (κ3) is 4.46. The van der Waals surface area contributed by atoms with Crippen LogP contribution in [0.4, 0.5) is 4.79 Å². The molecule has 4 nitrogen and oxygen atoms in total. The molecule has 1 rings (SSSR count). The normalized spacial score (nSPS) is 20.1. The molecule has 1 aliphatic carbocycles. The predicted octanol–water partition coefficient (Wildman–Crippen LogP) is 1.43. The Balaban J connectivity index is 2.12. The van der Waals surface area contributed by atoms with Gasteiger partial charge in [-0.2, -0.15) is 0 Å². The fourth-order valence-corrected chi connectivity index (χ4v) is 1.65. The number of aliphatic hydroxyl groups is 1. The van der Waals surface area contributed by atoms with Crippen LogP contribution in [-0.4, -0.2) is 30.0 Å². The van der Waals surface area contributed by atoms with Crippen molar-refractivity contribution in [1.29, 1.82) is 0 Å². The summed E-state index contributed by atoms with van der Waals surface area (Å²) in [7, 11) is 0. The van der Waals surface area contributed by atoms with Gasteiger partial charge in [-0.3, -0.25) is 0 Å². The van der Waals surface area contributed by atoms with E-state index in [1.165, 1.54) is 19.3 Å². The van der Waals surface area contributed by atoms with Crippen LogP contribution in [0, 0.1) is 0 Å². The lowest BCUT2D eigenvalue weighted by atomic mass is 9.96. The number of carbonyl (C=O) groups is 1. The number of carbonyl (C=O) groups excluding carboxylic acids is 1. The van der Waals surface area contributed by atoms with Crippen LogP contribution in [0.15, 0.2) is 0 Å². The summed E-state index contributed by atoms with van der Waals surface area (Å²) in [5.41, 5.74) is 0. The molecule has 14 heavy (non-hydrogen) atoms. The highest BCUT2D eigenvalue weighted by Crippen LogP contribution is 2.17. The summed E-state index contributed by atoms with van der Waals surface area (Å²) < 4.78 is 4.81. The zero-order valence-electron chi connectivity index (χ0n) is 8.66. The molecule has 0 radical (unpaired) electrons. The number of hydrogen-bond acceptors (Lipinski definition) is 3. The van der Waals surface area contributed by atoms with Gasteiger partial charge in [0, 0.05) is 6.04 Å². The summed E-state index contributed by atoms with van der Waals surface area (Å²) in [6, 6.07) is 0.269. The summed E-state index contributed by atoms with van der Waals surface area (Å²) >= 11 is 0. The lowest BCUT2D eigenvalue weighted by Gasteiger charge is -2.22. The molecule has 0 spiro atoms. The van der Waals surface area contributed by atoms with E-state index in [9.17, 15) is 4.79 Å². The van der Waals surface area contributed by atoms with Gasteiger partial charge in [-0.1, -0.05) is 19.3 Å². The summed E-state index contributed by atoms with van der Waals surface area (Å²) in [6.45, 7) is 1.66. The van der Waals surface area contributed by atoms with Crippen LogP contribution in [0.5, 0.6) is 0 Å². The molecule has 0 aliphatic heterocycles. The molecule has 1 saturated carbocycles. The average Bonchev–Trinajstić information content (AvgIpc) is 2.16. The molecule has 1 unspecified atom stereocenters. The fourth-order valence-electron chi connectivity index (χ4n) is 1.65. The van der Waals surface area contributed by atoms with Crippen LogP contribution in [0.2, 0.25) is 0 Å². The number of alkyl carbamates (subject to hydrolysis) is 1. The Kier molecular flexibility index (Phi) is 4.73. The fraction of sp³-hybridized carbons (Fsp3) is 0.900. The van der Waals surface area contributed by atoms with Gasteiger partial charge in [0.05, 0.1) is 6.10 Å². The summed E-state index contributed by atoms with van der Waals surface area (Å²) in [4.78, 5) is 11.2. The van der Waals surface area contributed by atoms with Crippen LogP contribution >= 0.6 is 0 Å². The van der Waals surface area contributed by atoms with Crippen molar-refractivity contribution in [3.8, 4) is 0 Å². The molecule has 1 amide bonds. The SMILES string of the molecule is CC(O)COC(=O)NC1CCCCC1. The van der Waals surface area contributed by atoms with Crippen molar-refractivity contribution in [2.45, 2.75) is 51.2 Å². The van der Waals surface area contributed by atoms with E-state index in [0.717, 1.165) is 12.8 Å². The Bertz CT molecular complexity index is 176. The Morgan fingerprint density at radius 2 is 2.14 bits per heavy atom. The largest absolute Gasteiger partial charge is 0.447 e. The van der Waals surface area contributed by atoms with Crippen LogP contribution in [0.3, 0.4) is 0 Å². The van der Waals surface area contributed by atoms with Crippen molar-refractivity contribution in [2.24, 2.45) is 0 Å². The maximum absolute atomic E-state index is 11.2. The van der Waals surface area contributed by atoms with Crippen LogP contribution in [0.25, 0.3) is 0 Å². The van der Waals surface area contributed by atoms with Gasteiger partial charge in [-0.25, -0.2) is 4.79 Å². The van der Waals surface area contributed by atoms with E-state index in [2.05, 4.69) is 5.32 Å². The monoisotopic (exact) mass is 201 g/mol. The van der Waals surface area contributed by atoms with E-state index < -0.39 is 12.2 Å². The lowest BCUT2D eigenvalue weighted by molar-refractivity contribution is 0.0752. The smallest absolute Gasteiger partial charge is 0.407 e. The maximum Gasteiger partial charge on any atom is 0.407 e. The van der Waals surface area contributed by atoms with E-state index in [-0.39, 0.29) is 12.6 Å². The highest BCUT2D eigenvalue weighted by atomic mass is 16.6. The number of nitrogens with one attached hydrogen (secondary N) is 1. The summed E-state index contributed by atoms with van der Waals surface area (Å²) in [5.74, 6) is 0. The number of rotatable bonds is 3. The Morgan fingerprint density at radius 1 is 1.50 bits per heavy atom. The molecule has 0 heterocycles. The van der Waals surface area contributed by atoms with Crippen molar-refractivity contribution in [3.63, 3.8) is 0 Å². The molecule has 2 N–H and O–H groups in total. The molecular weight excluding hydrogens is 182 g/mol. The van der Waals surface area contributed by atoms with Gasteiger partial charge in [0.1, 0.15) is 6.61 Å². The van der Waals surface area contributed by atoms with Crippen molar-refractivity contribution in [3.05, 3.63) is 0 Å².